The predicted octanol–water partition coefficient (Wildman–Crippen LogP) is 6.28. The highest BCUT2D eigenvalue weighted by atomic mass is 32.1. The molecule has 3 aromatic carbocycles. The fourth-order valence-electron chi connectivity index (χ4n) is 4.79. The lowest BCUT2D eigenvalue weighted by molar-refractivity contribution is -0.204. The van der Waals surface area contributed by atoms with Gasteiger partial charge < -0.3 is 15.5 Å². The molecule has 3 N–H and O–H groups in total. The van der Waals surface area contributed by atoms with E-state index in [0.29, 0.717) is 48.3 Å². The molecule has 1 aliphatic heterocycles. The molecular weight excluding hydrogens is 574 g/mol. The average molecular weight is 612 g/mol. The second-order valence-electron chi connectivity index (χ2n) is 12.1. The van der Waals surface area contributed by atoms with Crippen LogP contribution in [0.3, 0.4) is 0 Å². The summed E-state index contributed by atoms with van der Waals surface area (Å²) < 4.78 is 0. The molecule has 0 saturated carbocycles. The largest absolute Gasteiger partial charge is 0.367 e. The van der Waals surface area contributed by atoms with E-state index in [-0.39, 0.29) is 23.8 Å². The number of nitrogens with one attached hydrogen (secondary N) is 3. The third-order valence-electron chi connectivity index (χ3n) is 7.57. The second kappa shape index (κ2) is 13.1. The van der Waals surface area contributed by atoms with Gasteiger partial charge in [-0.3, -0.25) is 14.7 Å². The topological polar surface area (TPSA) is 116 Å². The van der Waals surface area contributed by atoms with E-state index in [0.717, 1.165) is 27.1 Å². The van der Waals surface area contributed by atoms with Gasteiger partial charge in [0.05, 0.1) is 16.6 Å². The summed E-state index contributed by atoms with van der Waals surface area (Å²) in [5.74, 6) is -0.831. The molecule has 4 aromatic rings. The Balaban J connectivity index is 1.33. The van der Waals surface area contributed by atoms with Crippen molar-refractivity contribution in [1.29, 1.82) is 0 Å². The number of aromatic nitrogens is 2. The summed E-state index contributed by atoms with van der Waals surface area (Å²) in [6.07, 6.45) is 5.03. The predicted molar refractivity (Wildman–Crippen MR) is 175 cm³/mol. The van der Waals surface area contributed by atoms with Crippen molar-refractivity contribution in [3.63, 3.8) is 0 Å². The van der Waals surface area contributed by atoms with Gasteiger partial charge in [-0.1, -0.05) is 36.4 Å². The van der Waals surface area contributed by atoms with Gasteiger partial charge in [-0.05, 0) is 88.1 Å². The van der Waals surface area contributed by atoms with Crippen LogP contribution in [0.4, 0.5) is 5.69 Å². The van der Waals surface area contributed by atoms with E-state index in [1.807, 2.05) is 76.2 Å². The van der Waals surface area contributed by atoms with Crippen LogP contribution in [0.15, 0.2) is 65.6 Å². The number of amides is 2. The van der Waals surface area contributed by atoms with Crippen molar-refractivity contribution < 1.29 is 19.2 Å². The summed E-state index contributed by atoms with van der Waals surface area (Å²) in [5.41, 5.74) is 4.16. The van der Waals surface area contributed by atoms with Gasteiger partial charge in [0, 0.05) is 46.2 Å². The molecule has 9 nitrogen and oxygen atoms in total. The molecule has 0 bridgehead atoms. The van der Waals surface area contributed by atoms with Gasteiger partial charge in [0.2, 0.25) is 0 Å². The minimum absolute atomic E-state index is 0.0704. The molecule has 2 heterocycles. The number of hydrogen-bond donors (Lipinski definition) is 4. The van der Waals surface area contributed by atoms with Crippen LogP contribution in [0, 0.1) is 12.3 Å². The summed E-state index contributed by atoms with van der Waals surface area (Å²) in [7, 11) is 0. The van der Waals surface area contributed by atoms with E-state index in [1.54, 1.807) is 29.3 Å². The van der Waals surface area contributed by atoms with Crippen molar-refractivity contribution in [3.8, 4) is 0 Å². The Labute approximate surface area is 262 Å². The average Bonchev–Trinajstić information content (AvgIpc) is 3.41. The molecule has 1 aliphatic rings. The highest BCUT2D eigenvalue weighted by Gasteiger charge is 2.29. The van der Waals surface area contributed by atoms with Gasteiger partial charge in [-0.15, -0.1) is 17.7 Å². The summed E-state index contributed by atoms with van der Waals surface area (Å²) in [5, 5.41) is 16.2. The fraction of sp³-hybridized carbons (Fsp3) is 0.294. The first-order valence-corrected chi connectivity index (χ1v) is 15.1. The molecule has 228 valence electrons. The normalized spacial score (nSPS) is 14.6. The third kappa shape index (κ3) is 7.38. The number of benzene rings is 3. The number of aromatic amines is 1. The Morgan fingerprint density at radius 3 is 2.41 bits per heavy atom. The molecule has 5 rings (SSSR count). The number of rotatable bonds is 7. The molecule has 0 atom stereocenters. The highest BCUT2D eigenvalue weighted by Crippen LogP contribution is 2.25. The number of H-pyrrole nitrogens is 1. The molecule has 0 spiro atoms. The molecule has 0 unspecified atom stereocenters. The summed E-state index contributed by atoms with van der Waals surface area (Å²) in [6, 6.07) is 18.3. The number of para-hydroxylation sites is 1. The number of thiol groups is 1. The van der Waals surface area contributed by atoms with Gasteiger partial charge in [0.15, 0.2) is 0 Å². The molecular formula is C34H37N5O4S. The minimum atomic E-state index is -0.583. The van der Waals surface area contributed by atoms with Gasteiger partial charge in [0.1, 0.15) is 0 Å². The number of piperidine rings is 1. The number of hydrogen-bond acceptors (Lipinski definition) is 7. The first-order valence-electron chi connectivity index (χ1n) is 14.6. The number of carbonyl (C=O) groups excluding carboxylic acids is 3. The Morgan fingerprint density at radius 1 is 0.977 bits per heavy atom. The van der Waals surface area contributed by atoms with E-state index >= 15 is 0 Å². The van der Waals surface area contributed by atoms with Gasteiger partial charge >= 0.3 is 5.97 Å². The van der Waals surface area contributed by atoms with Crippen LogP contribution in [-0.2, 0) is 9.63 Å². The summed E-state index contributed by atoms with van der Waals surface area (Å²) in [6.45, 7) is 8.44. The van der Waals surface area contributed by atoms with E-state index in [4.69, 9.17) is 4.84 Å². The maximum atomic E-state index is 13.3. The number of carbonyl (C=O) groups is 3. The second-order valence-corrected chi connectivity index (χ2v) is 12.5. The SMILES string of the molecule is Cc1ccc(C(=O)Nc2cc(C(=O)NC3CCN(OC(=O)C(C)(C)C)CC3)ccc2C=Cc2n[nH]c3ccccc23)cc1S. The molecule has 1 saturated heterocycles. The number of nitrogens with zero attached hydrogens (tertiary/aromatic N) is 2. The van der Waals surface area contributed by atoms with Crippen LogP contribution >= 0.6 is 12.6 Å². The Kier molecular flexibility index (Phi) is 9.22. The summed E-state index contributed by atoms with van der Waals surface area (Å²) >= 11 is 4.46. The smallest absolute Gasteiger partial charge is 0.330 e. The lowest BCUT2D eigenvalue weighted by atomic mass is 9.98. The Bertz CT molecular complexity index is 1730. The number of hydroxylamine groups is 2. The molecule has 1 fully saturated rings. The van der Waals surface area contributed by atoms with E-state index in [1.165, 1.54) is 0 Å². The number of anilines is 1. The maximum absolute atomic E-state index is 13.3. The van der Waals surface area contributed by atoms with Gasteiger partial charge in [-0.25, -0.2) is 4.79 Å². The van der Waals surface area contributed by atoms with E-state index in [9.17, 15) is 14.4 Å². The van der Waals surface area contributed by atoms with E-state index < -0.39 is 5.41 Å². The van der Waals surface area contributed by atoms with Crippen molar-refractivity contribution in [2.24, 2.45) is 5.41 Å². The highest BCUT2D eigenvalue weighted by molar-refractivity contribution is 7.80. The maximum Gasteiger partial charge on any atom is 0.330 e. The first kappa shape index (κ1) is 31.0. The van der Waals surface area contributed by atoms with Crippen LogP contribution in [0.2, 0.25) is 0 Å². The zero-order chi connectivity index (χ0) is 31.4. The van der Waals surface area contributed by atoms with Crippen LogP contribution in [0.1, 0.15) is 71.1 Å². The molecule has 2 amide bonds. The quantitative estimate of drug-likeness (QED) is 0.183. The summed E-state index contributed by atoms with van der Waals surface area (Å²) in [4.78, 5) is 45.1. The van der Waals surface area contributed by atoms with Gasteiger partial charge in [0.25, 0.3) is 11.8 Å². The first-order chi connectivity index (χ1) is 21.0. The Morgan fingerprint density at radius 2 is 1.68 bits per heavy atom. The molecule has 0 aliphatic carbocycles. The lowest BCUT2D eigenvalue weighted by Gasteiger charge is -2.32. The molecule has 1 aromatic heterocycles. The van der Waals surface area contributed by atoms with Crippen LogP contribution in [0.25, 0.3) is 23.1 Å². The van der Waals surface area contributed by atoms with Crippen LogP contribution in [0.5, 0.6) is 0 Å². The molecule has 0 radical (unpaired) electrons. The van der Waals surface area contributed by atoms with Crippen LogP contribution < -0.4 is 10.6 Å². The Hall–Kier alpha value is -4.41. The number of fused-ring (bicyclic) bond motifs is 1. The number of aryl methyl sites for hydroxylation is 1. The van der Waals surface area contributed by atoms with Gasteiger partial charge in [-0.2, -0.15) is 5.10 Å². The van der Waals surface area contributed by atoms with Crippen molar-refractivity contribution >= 4 is 59.2 Å². The molecule has 10 heteroatoms. The zero-order valence-corrected chi connectivity index (χ0v) is 26.2. The van der Waals surface area contributed by atoms with Crippen molar-refractivity contribution in [2.45, 2.75) is 51.5 Å². The van der Waals surface area contributed by atoms with Crippen LogP contribution in [-0.4, -0.2) is 52.2 Å². The standard InChI is InChI=1S/C34H37N5O4S/c1-21-9-10-24(20-30(21)44)32(41)36-29-19-23(12-11-22(29)13-14-28-26-7-5-6-8-27(26)37-38-28)31(40)35-25-15-17-39(18-16-25)43-33(42)34(2,3)4/h5-14,19-20,25,44H,15-18H2,1-4H3,(H,35,40)(H,36,41)(H,37,38). The molecule has 44 heavy (non-hydrogen) atoms. The monoisotopic (exact) mass is 611 g/mol. The fourth-order valence-corrected chi connectivity index (χ4v) is 5.00. The van der Waals surface area contributed by atoms with Crippen molar-refractivity contribution in [1.82, 2.24) is 20.6 Å². The van der Waals surface area contributed by atoms with Crippen molar-refractivity contribution in [2.75, 3.05) is 18.4 Å². The van der Waals surface area contributed by atoms with Crippen molar-refractivity contribution in [3.05, 3.63) is 88.6 Å². The zero-order valence-electron chi connectivity index (χ0n) is 25.3. The van der Waals surface area contributed by atoms with E-state index in [2.05, 4.69) is 33.5 Å². The minimum Gasteiger partial charge on any atom is -0.367 e. The third-order valence-corrected chi connectivity index (χ3v) is 8.05. The lowest BCUT2D eigenvalue weighted by Crippen LogP contribution is -2.46.